The van der Waals surface area contributed by atoms with E-state index in [0.717, 1.165) is 72.5 Å². The van der Waals surface area contributed by atoms with Crippen molar-refractivity contribution in [2.75, 3.05) is 45.7 Å². The number of amides is 1. The molecule has 8 rings (SSSR count). The molecule has 18 nitrogen and oxygen atoms in total. The summed E-state index contributed by atoms with van der Waals surface area (Å²) < 4.78 is 30.2. The van der Waals surface area contributed by atoms with Gasteiger partial charge in [0.2, 0.25) is 0 Å². The largest absolute Gasteiger partial charge is 0.507 e. The lowest BCUT2D eigenvalue weighted by molar-refractivity contribution is -0.160. The Morgan fingerprint density at radius 3 is 1.99 bits per heavy atom. The summed E-state index contributed by atoms with van der Waals surface area (Å²) >= 11 is 0. The lowest BCUT2D eigenvalue weighted by atomic mass is 9.78. The fourth-order valence-corrected chi connectivity index (χ4v) is 13.2. The number of aromatic hydroxyl groups is 4. The third-order valence-electron chi connectivity index (χ3n) is 19.7. The van der Waals surface area contributed by atoms with E-state index in [-0.39, 0.29) is 50.1 Å². The van der Waals surface area contributed by atoms with Crippen LogP contribution in [-0.2, 0) is 30.2 Å². The molecule has 5 heterocycles. The van der Waals surface area contributed by atoms with Crippen molar-refractivity contribution in [3.63, 3.8) is 0 Å². The van der Waals surface area contributed by atoms with Crippen molar-refractivity contribution in [2.45, 2.75) is 217 Å². The summed E-state index contributed by atoms with van der Waals surface area (Å²) in [6.45, 7) is 33.0. The maximum Gasteiger partial charge on any atom is 0.312 e. The first kappa shape index (κ1) is 72.7. The number of benzene rings is 3. The Morgan fingerprint density at radius 1 is 0.756 bits per heavy atom. The van der Waals surface area contributed by atoms with Gasteiger partial charge in [-0.2, -0.15) is 5.10 Å². The zero-order valence-electron chi connectivity index (χ0n) is 57.2. The predicted octanol–water partition coefficient (Wildman–Crippen LogP) is 13.2. The highest BCUT2D eigenvalue weighted by Crippen LogP contribution is 2.55. The minimum atomic E-state index is -2.04. The minimum Gasteiger partial charge on any atom is -0.507 e. The number of phenolic OH excluding ortho intramolecular Hbond substituents is 4. The van der Waals surface area contributed by atoms with Crippen LogP contribution in [0.25, 0.3) is 10.8 Å². The molecule has 500 valence electrons. The zero-order chi connectivity index (χ0) is 66.9. The van der Waals surface area contributed by atoms with E-state index < -0.39 is 88.8 Å². The van der Waals surface area contributed by atoms with E-state index in [1.165, 1.54) is 116 Å². The number of aliphatic hydroxyl groups excluding tert-OH is 2. The minimum absolute atomic E-state index is 0.0559. The van der Waals surface area contributed by atoms with Gasteiger partial charge < -0.3 is 64.5 Å². The van der Waals surface area contributed by atoms with Gasteiger partial charge in [-0.3, -0.25) is 19.4 Å². The molecule has 0 aliphatic carbocycles. The highest BCUT2D eigenvalue weighted by atomic mass is 16.7. The van der Waals surface area contributed by atoms with Gasteiger partial charge in [-0.1, -0.05) is 119 Å². The van der Waals surface area contributed by atoms with Gasteiger partial charge in [0.15, 0.2) is 5.75 Å². The molecular weight excluding hydrogens is 1140 g/mol. The van der Waals surface area contributed by atoms with Gasteiger partial charge in [0.25, 0.3) is 11.7 Å². The van der Waals surface area contributed by atoms with Crippen LogP contribution in [0.5, 0.6) is 34.5 Å². The van der Waals surface area contributed by atoms with E-state index in [1.54, 1.807) is 44.9 Å². The number of likely N-dealkylation sites (N-methyl/N-ethyl adjacent to an activating group) is 1. The first-order chi connectivity index (χ1) is 42.3. The monoisotopic (exact) mass is 1250 g/mol. The number of fused-ring (bicyclic) bond motifs is 15. The number of Topliss-reactive ketones (excluding diaryl/α,β-unsaturated/α-hetero) is 1. The predicted molar refractivity (Wildman–Crippen MR) is 355 cm³/mol. The Bertz CT molecular complexity index is 3140. The number of hydrazone groups is 1. The van der Waals surface area contributed by atoms with Crippen LogP contribution >= 0.6 is 0 Å². The summed E-state index contributed by atoms with van der Waals surface area (Å²) in [5, 5.41) is 77.2. The molecule has 0 saturated carbocycles. The second-order valence-electron chi connectivity index (χ2n) is 27.6. The first-order valence-corrected chi connectivity index (χ1v) is 32.8. The van der Waals surface area contributed by atoms with Gasteiger partial charge in [-0.05, 0) is 115 Å². The number of nitrogens with one attached hydrogen (secondary N) is 1. The number of aliphatic hydroxyl groups is 2. The topological polar surface area (TPSA) is 250 Å². The summed E-state index contributed by atoms with van der Waals surface area (Å²) in [7, 11) is 3.42. The van der Waals surface area contributed by atoms with Crippen molar-refractivity contribution in [2.24, 2.45) is 46.5 Å². The van der Waals surface area contributed by atoms with E-state index >= 15 is 0 Å². The molecule has 5 aliphatic rings. The molecule has 1 fully saturated rings. The maximum atomic E-state index is 14.4. The molecule has 0 spiro atoms. The van der Waals surface area contributed by atoms with E-state index in [2.05, 4.69) is 56.9 Å². The Labute approximate surface area is 535 Å². The SMILES string of the molecule is CO[C@H]1/C=C/O[C@@]2(C)Oc3c(C)c(O)c4c(O)c(c(/C=N\N5CCN(C)CC5)c(O)c4c3C2=O)NC(=O)/C(C)=C\C=C\[C@@H](C)[C@H](O)[C@@H](C)[C@H](O)[C@@H](C)[C@H](OC(C)=O)[C@@H]1C.Cc1c(C)c2c(c(C)c1O)CC[C@@](C)(CCC[C@H](C)CCC[C@H](C)CCCC(C)C)O2. The van der Waals surface area contributed by atoms with Crippen LogP contribution in [0, 0.1) is 69.1 Å². The molecule has 3 aromatic carbocycles. The summed E-state index contributed by atoms with van der Waals surface area (Å²) in [6.07, 6.45) is 18.9. The number of esters is 1. The molecule has 3 aromatic rings. The molecule has 90 heavy (non-hydrogen) atoms. The van der Waals surface area contributed by atoms with Gasteiger partial charge in [0.05, 0.1) is 53.0 Å². The van der Waals surface area contributed by atoms with E-state index in [9.17, 15) is 45.0 Å². The maximum absolute atomic E-state index is 14.4. The van der Waals surface area contributed by atoms with Crippen LogP contribution in [0.4, 0.5) is 5.69 Å². The van der Waals surface area contributed by atoms with E-state index in [0.29, 0.717) is 18.8 Å². The van der Waals surface area contributed by atoms with Crippen molar-refractivity contribution < 1.29 is 68.7 Å². The van der Waals surface area contributed by atoms with Gasteiger partial charge in [0, 0.05) is 92.9 Å². The Kier molecular flexibility index (Phi) is 25.3. The molecule has 5 aliphatic heterocycles. The van der Waals surface area contributed by atoms with Crippen molar-refractivity contribution in [3.05, 3.63) is 75.1 Å². The summed E-state index contributed by atoms with van der Waals surface area (Å²) in [6, 6.07) is 0. The number of carbonyl (C=O) groups excluding carboxylic acids is 3. The van der Waals surface area contributed by atoms with Gasteiger partial charge in [-0.25, -0.2) is 0 Å². The van der Waals surface area contributed by atoms with Crippen molar-refractivity contribution in [1.82, 2.24) is 9.91 Å². The van der Waals surface area contributed by atoms with Crippen LogP contribution in [0.1, 0.15) is 191 Å². The number of piperazine rings is 1. The number of hydrogen-bond acceptors (Lipinski definition) is 17. The molecule has 1 saturated heterocycles. The normalized spacial score (nSPS) is 28.1. The number of ketones is 1. The zero-order valence-corrected chi connectivity index (χ0v) is 57.2. The summed E-state index contributed by atoms with van der Waals surface area (Å²) in [5.41, 5.74) is 3.88. The van der Waals surface area contributed by atoms with E-state index in [4.69, 9.17) is 23.7 Å². The number of phenols is 4. The molecular formula is C72H108N4O14. The van der Waals surface area contributed by atoms with Crippen LogP contribution in [0.3, 0.4) is 0 Å². The summed E-state index contributed by atoms with van der Waals surface area (Å²) in [4.78, 5) is 42.6. The second kappa shape index (κ2) is 31.3. The number of ether oxygens (including phenoxy) is 5. The van der Waals surface area contributed by atoms with Crippen LogP contribution < -0.4 is 14.8 Å². The number of hydrogen-bond donors (Lipinski definition) is 7. The lowest BCUT2D eigenvalue weighted by Crippen LogP contribution is -2.46. The molecule has 1 amide bonds. The average Bonchev–Trinajstić information content (AvgIpc) is 1.44. The molecule has 12 atom stereocenters. The highest BCUT2D eigenvalue weighted by molar-refractivity contribution is 6.24. The first-order valence-electron chi connectivity index (χ1n) is 32.8. The number of rotatable bonds is 16. The molecule has 0 unspecified atom stereocenters. The molecule has 5 bridgehead atoms. The lowest BCUT2D eigenvalue weighted by Gasteiger charge is -2.38. The van der Waals surface area contributed by atoms with Crippen molar-refractivity contribution >= 4 is 40.3 Å². The second-order valence-corrected chi connectivity index (χ2v) is 27.6. The number of methoxy groups -OCH3 is 1. The fourth-order valence-electron chi connectivity index (χ4n) is 13.2. The van der Waals surface area contributed by atoms with Gasteiger partial charge in [0.1, 0.15) is 40.5 Å². The Morgan fingerprint density at radius 2 is 1.38 bits per heavy atom. The van der Waals surface area contributed by atoms with Crippen LogP contribution in [0.2, 0.25) is 0 Å². The van der Waals surface area contributed by atoms with Gasteiger partial charge in [-0.15, -0.1) is 0 Å². The Balaban J connectivity index is 0.000000349. The fraction of sp³-hybridized carbons (Fsp3) is 0.639. The molecule has 18 heteroatoms. The van der Waals surface area contributed by atoms with E-state index in [1.807, 2.05) is 20.9 Å². The van der Waals surface area contributed by atoms with Crippen LogP contribution in [-0.4, -0.2) is 141 Å². The summed E-state index contributed by atoms with van der Waals surface area (Å²) in [5.74, 6) is -4.31. The molecule has 0 radical (unpaired) electrons. The average molecular weight is 1250 g/mol. The van der Waals surface area contributed by atoms with Crippen LogP contribution in [0.15, 0.2) is 41.2 Å². The quantitative estimate of drug-likeness (QED) is 0.0305. The Hall–Kier alpha value is -6.34. The number of allylic oxidation sites excluding steroid dienone is 2. The molecule has 7 N–H and O–H groups in total. The number of carbonyl (C=O) groups is 3. The van der Waals surface area contributed by atoms with Crippen molar-refractivity contribution in [3.8, 4) is 34.5 Å². The number of anilines is 1. The van der Waals surface area contributed by atoms with Crippen molar-refractivity contribution in [1.29, 1.82) is 0 Å². The van der Waals surface area contributed by atoms with Gasteiger partial charge >= 0.3 is 11.8 Å². The third kappa shape index (κ3) is 17.0. The smallest absolute Gasteiger partial charge is 0.312 e. The molecule has 0 aromatic heterocycles. The highest BCUT2D eigenvalue weighted by Gasteiger charge is 2.50. The third-order valence-corrected chi connectivity index (χ3v) is 19.7. The number of nitrogens with zero attached hydrogens (tertiary/aromatic N) is 3. The standard InChI is InChI=1S/C43H58N4O12.C29H50O2/c1-21-12-11-13-22(2)42(55)45-33-28(20-44-47-17-15-46(9)16-18-47)37(52)30-31(38(33)53)36(51)26(6)40-32(30)41(54)43(8,59-40)57-19-14-29(56-10)23(3)39(58-27(7)48)25(5)35(50)24(4)34(21)49;1-20(2)12-9-13-21(3)14-10-15-22(4)16-11-18-29(8)19-17-26-25(7)27(30)23(5)24(6)28(26)31-29/h11-14,19-21,23-25,29,34-35,39,49-53H,15-18H2,1-10H3,(H,45,55);20-22,30H,9-19H2,1-8H3/b12-11+,19-14+,22-13-,44-20-;/t21-,23-,24-,25-,29+,34+,35+,39-,43+;21-,22-,29-/m11/s1.